The Kier molecular flexibility index (Phi) is 2.34. The van der Waals surface area contributed by atoms with Crippen LogP contribution in [0.5, 0.6) is 0 Å². The minimum Gasteiger partial charge on any atom is -0.326 e. The van der Waals surface area contributed by atoms with E-state index in [1.807, 2.05) is 22.8 Å². The van der Waals surface area contributed by atoms with Crippen molar-refractivity contribution in [2.75, 3.05) is 13.1 Å². The first-order valence-corrected chi connectivity index (χ1v) is 5.63. The largest absolute Gasteiger partial charge is 0.326 e. The van der Waals surface area contributed by atoms with E-state index >= 15 is 0 Å². The third kappa shape index (κ3) is 1.58. The number of pyridine rings is 1. The first kappa shape index (κ1) is 9.74. The molecule has 1 aliphatic heterocycles. The highest BCUT2D eigenvalue weighted by Gasteiger charge is 2.20. The average molecular weight is 217 g/mol. The zero-order chi connectivity index (χ0) is 11.0. The lowest BCUT2D eigenvalue weighted by molar-refractivity contribution is 0.698. The van der Waals surface area contributed by atoms with Crippen LogP contribution in [0.1, 0.15) is 23.7 Å². The first-order chi connectivity index (χ1) is 7.86. The van der Waals surface area contributed by atoms with Crippen LogP contribution in [0.3, 0.4) is 0 Å². The molecule has 1 saturated heterocycles. The van der Waals surface area contributed by atoms with Crippen molar-refractivity contribution in [3.05, 3.63) is 29.7 Å². The van der Waals surface area contributed by atoms with Crippen LogP contribution >= 0.6 is 0 Å². The third-order valence-electron chi connectivity index (χ3n) is 3.08. The van der Waals surface area contributed by atoms with Crippen LogP contribution in [0.4, 0.5) is 0 Å². The van der Waals surface area contributed by atoms with Crippen molar-refractivity contribution in [1.29, 1.82) is 0 Å². The Morgan fingerprint density at radius 2 is 2.50 bits per heavy atom. The fraction of sp³-hybridized carbons (Fsp3) is 0.455. The molecule has 0 radical (unpaired) electrons. The lowest BCUT2D eigenvalue weighted by Gasteiger charge is -1.99. The molecule has 5 heteroatoms. The van der Waals surface area contributed by atoms with E-state index in [0.29, 0.717) is 12.5 Å². The minimum atomic E-state index is 0.459. The standard InChI is InChI=1S/C11H15N5/c12-6-8-2-4-16-10(5-8)14-11(15-16)9-1-3-13-7-9/h2,4-5,9,13H,1,3,6-7,12H2. The summed E-state index contributed by atoms with van der Waals surface area (Å²) >= 11 is 0. The van der Waals surface area contributed by atoms with Crippen LogP contribution < -0.4 is 11.1 Å². The lowest BCUT2D eigenvalue weighted by Crippen LogP contribution is -2.08. The molecule has 1 unspecified atom stereocenters. The molecule has 5 nitrogen and oxygen atoms in total. The monoisotopic (exact) mass is 217 g/mol. The highest BCUT2D eigenvalue weighted by atomic mass is 15.3. The molecular formula is C11H15N5. The fourth-order valence-corrected chi connectivity index (χ4v) is 2.12. The van der Waals surface area contributed by atoms with E-state index in [2.05, 4.69) is 15.4 Å². The Morgan fingerprint density at radius 1 is 1.56 bits per heavy atom. The number of hydrogen-bond donors (Lipinski definition) is 2. The SMILES string of the molecule is NCc1ccn2nc(C3CCNC3)nc2c1. The van der Waals surface area contributed by atoms with Crippen molar-refractivity contribution in [3.63, 3.8) is 0 Å². The second-order valence-corrected chi connectivity index (χ2v) is 4.20. The van der Waals surface area contributed by atoms with Crippen molar-refractivity contribution < 1.29 is 0 Å². The van der Waals surface area contributed by atoms with Gasteiger partial charge in [-0.1, -0.05) is 0 Å². The highest BCUT2D eigenvalue weighted by Crippen LogP contribution is 2.19. The van der Waals surface area contributed by atoms with Gasteiger partial charge < -0.3 is 11.1 Å². The molecule has 0 amide bonds. The molecule has 2 aromatic rings. The zero-order valence-electron chi connectivity index (χ0n) is 9.06. The smallest absolute Gasteiger partial charge is 0.156 e. The maximum absolute atomic E-state index is 5.60. The van der Waals surface area contributed by atoms with Gasteiger partial charge in [-0.25, -0.2) is 9.50 Å². The first-order valence-electron chi connectivity index (χ1n) is 5.63. The normalized spacial score (nSPS) is 20.7. The van der Waals surface area contributed by atoms with Gasteiger partial charge in [0.05, 0.1) is 0 Å². The molecule has 0 aromatic carbocycles. The van der Waals surface area contributed by atoms with Gasteiger partial charge in [0.25, 0.3) is 0 Å². The molecule has 3 N–H and O–H groups in total. The van der Waals surface area contributed by atoms with Crippen LogP contribution in [0.15, 0.2) is 18.3 Å². The van der Waals surface area contributed by atoms with Crippen molar-refractivity contribution in [2.45, 2.75) is 18.9 Å². The summed E-state index contributed by atoms with van der Waals surface area (Å²) in [6, 6.07) is 3.98. The van der Waals surface area contributed by atoms with Gasteiger partial charge in [-0.2, -0.15) is 5.10 Å². The number of nitrogens with two attached hydrogens (primary N) is 1. The van der Waals surface area contributed by atoms with E-state index in [4.69, 9.17) is 5.73 Å². The Balaban J connectivity index is 2.01. The predicted octanol–water partition coefficient (Wildman–Crippen LogP) is 0.265. The van der Waals surface area contributed by atoms with Crippen LogP contribution in [0, 0.1) is 0 Å². The average Bonchev–Trinajstić information content (AvgIpc) is 2.96. The number of nitrogens with zero attached hydrogens (tertiary/aromatic N) is 3. The topological polar surface area (TPSA) is 68.2 Å². The van der Waals surface area contributed by atoms with Crippen molar-refractivity contribution in [2.24, 2.45) is 5.73 Å². The van der Waals surface area contributed by atoms with Gasteiger partial charge in [-0.05, 0) is 30.7 Å². The van der Waals surface area contributed by atoms with Gasteiger partial charge in [-0.3, -0.25) is 0 Å². The molecule has 2 aromatic heterocycles. The summed E-state index contributed by atoms with van der Waals surface area (Å²) in [7, 11) is 0. The molecule has 16 heavy (non-hydrogen) atoms. The molecule has 3 heterocycles. The number of hydrogen-bond acceptors (Lipinski definition) is 4. The van der Waals surface area contributed by atoms with E-state index < -0.39 is 0 Å². The van der Waals surface area contributed by atoms with E-state index in [1.54, 1.807) is 0 Å². The van der Waals surface area contributed by atoms with Crippen LogP contribution in [0.25, 0.3) is 5.65 Å². The molecule has 1 atom stereocenters. The summed E-state index contributed by atoms with van der Waals surface area (Å²) in [4.78, 5) is 4.56. The van der Waals surface area contributed by atoms with E-state index in [0.717, 1.165) is 36.5 Å². The Labute approximate surface area is 93.7 Å². The Hall–Kier alpha value is -1.46. The molecule has 1 aliphatic rings. The zero-order valence-corrected chi connectivity index (χ0v) is 9.06. The summed E-state index contributed by atoms with van der Waals surface area (Å²) < 4.78 is 1.83. The summed E-state index contributed by atoms with van der Waals surface area (Å²) in [5.74, 6) is 1.40. The van der Waals surface area contributed by atoms with E-state index in [-0.39, 0.29) is 0 Å². The Morgan fingerprint density at radius 3 is 3.25 bits per heavy atom. The van der Waals surface area contributed by atoms with Crippen LogP contribution in [-0.4, -0.2) is 27.7 Å². The second kappa shape index (κ2) is 3.84. The predicted molar refractivity (Wildman–Crippen MR) is 61.1 cm³/mol. The van der Waals surface area contributed by atoms with Gasteiger partial charge in [-0.15, -0.1) is 0 Å². The number of aromatic nitrogens is 3. The van der Waals surface area contributed by atoms with E-state index in [9.17, 15) is 0 Å². The quantitative estimate of drug-likeness (QED) is 0.757. The molecule has 0 spiro atoms. The van der Waals surface area contributed by atoms with Crippen molar-refractivity contribution in [3.8, 4) is 0 Å². The maximum atomic E-state index is 5.60. The van der Waals surface area contributed by atoms with Crippen LogP contribution in [0.2, 0.25) is 0 Å². The van der Waals surface area contributed by atoms with Gasteiger partial charge in [0.15, 0.2) is 11.5 Å². The van der Waals surface area contributed by atoms with Crippen LogP contribution in [-0.2, 0) is 6.54 Å². The maximum Gasteiger partial charge on any atom is 0.156 e. The van der Waals surface area contributed by atoms with E-state index in [1.165, 1.54) is 0 Å². The van der Waals surface area contributed by atoms with Gasteiger partial charge in [0.1, 0.15) is 0 Å². The number of rotatable bonds is 2. The second-order valence-electron chi connectivity index (χ2n) is 4.20. The molecule has 1 fully saturated rings. The summed E-state index contributed by atoms with van der Waals surface area (Å²) in [5, 5.41) is 7.82. The summed E-state index contributed by atoms with van der Waals surface area (Å²) in [6.45, 7) is 2.60. The molecule has 0 aliphatic carbocycles. The number of fused-ring (bicyclic) bond motifs is 1. The van der Waals surface area contributed by atoms with Gasteiger partial charge >= 0.3 is 0 Å². The van der Waals surface area contributed by atoms with Gasteiger partial charge in [0.2, 0.25) is 0 Å². The molecule has 0 bridgehead atoms. The number of nitrogens with one attached hydrogen (secondary N) is 1. The summed E-state index contributed by atoms with van der Waals surface area (Å²) in [5.41, 5.74) is 7.59. The van der Waals surface area contributed by atoms with Gasteiger partial charge in [0, 0.05) is 25.2 Å². The highest BCUT2D eigenvalue weighted by molar-refractivity contribution is 5.40. The molecule has 84 valence electrons. The molecular weight excluding hydrogens is 202 g/mol. The summed E-state index contributed by atoms with van der Waals surface area (Å²) in [6.07, 6.45) is 3.05. The lowest BCUT2D eigenvalue weighted by atomic mass is 10.1. The Bertz CT molecular complexity index is 498. The fourth-order valence-electron chi connectivity index (χ4n) is 2.12. The van der Waals surface area contributed by atoms with Crippen molar-refractivity contribution in [1.82, 2.24) is 19.9 Å². The molecule has 3 rings (SSSR count). The molecule has 0 saturated carbocycles. The van der Waals surface area contributed by atoms with Crippen molar-refractivity contribution >= 4 is 5.65 Å². The minimum absolute atomic E-state index is 0.459. The third-order valence-corrected chi connectivity index (χ3v) is 3.08.